The third kappa shape index (κ3) is 3.59. The van der Waals surface area contributed by atoms with Crippen LogP contribution in [0.5, 0.6) is 0 Å². The quantitative estimate of drug-likeness (QED) is 0.781. The predicted molar refractivity (Wildman–Crippen MR) is 91.1 cm³/mol. The predicted octanol–water partition coefficient (Wildman–Crippen LogP) is 4.30. The van der Waals surface area contributed by atoms with E-state index < -0.39 is 0 Å². The number of aromatic nitrogens is 1. The lowest BCUT2D eigenvalue weighted by Gasteiger charge is -2.06. The summed E-state index contributed by atoms with van der Waals surface area (Å²) in [5.74, 6) is -0.00847. The number of carbonyl (C=O) groups excluding carboxylic acids is 1. The van der Waals surface area contributed by atoms with Gasteiger partial charge in [0.2, 0.25) is 5.91 Å². The van der Waals surface area contributed by atoms with E-state index in [-0.39, 0.29) is 5.91 Å². The summed E-state index contributed by atoms with van der Waals surface area (Å²) in [6.45, 7) is 2.04. The molecule has 0 saturated heterocycles. The molecule has 0 bridgehead atoms. The molecule has 0 unspecified atom stereocenters. The normalized spacial score (nSPS) is 10.4. The lowest BCUT2D eigenvalue weighted by molar-refractivity contribution is -0.115. The van der Waals surface area contributed by atoms with Crippen molar-refractivity contribution in [2.75, 3.05) is 5.32 Å². The summed E-state index contributed by atoms with van der Waals surface area (Å²) in [7, 11) is 0. The third-order valence-electron chi connectivity index (χ3n) is 3.33. The Morgan fingerprint density at radius 2 is 1.82 bits per heavy atom. The highest BCUT2D eigenvalue weighted by Crippen LogP contribution is 2.23. The number of nitrogens with one attached hydrogen (secondary N) is 1. The van der Waals surface area contributed by atoms with Gasteiger partial charge in [0.1, 0.15) is 5.01 Å². The standard InChI is InChI=1S/C18H16N2OS/c1-13-2-4-14(5-3-13)12-17(21)20-16-8-6-15(7-9-16)18-19-10-11-22-18/h2-11H,12H2,1H3,(H,20,21). The molecule has 110 valence electrons. The molecule has 0 atom stereocenters. The van der Waals surface area contributed by atoms with E-state index in [1.54, 1.807) is 17.5 Å². The van der Waals surface area contributed by atoms with Crippen molar-refractivity contribution in [3.05, 3.63) is 71.2 Å². The van der Waals surface area contributed by atoms with Crippen molar-refractivity contribution in [2.45, 2.75) is 13.3 Å². The van der Waals surface area contributed by atoms with Gasteiger partial charge in [0.05, 0.1) is 6.42 Å². The van der Waals surface area contributed by atoms with Crippen molar-refractivity contribution in [3.63, 3.8) is 0 Å². The van der Waals surface area contributed by atoms with Gasteiger partial charge in [-0.25, -0.2) is 4.98 Å². The van der Waals surface area contributed by atoms with Crippen LogP contribution in [0.2, 0.25) is 0 Å². The van der Waals surface area contributed by atoms with Gasteiger partial charge in [0.25, 0.3) is 0 Å². The number of rotatable bonds is 4. The van der Waals surface area contributed by atoms with E-state index in [2.05, 4.69) is 10.3 Å². The van der Waals surface area contributed by atoms with Crippen LogP contribution < -0.4 is 5.32 Å². The zero-order valence-electron chi connectivity index (χ0n) is 12.2. The highest BCUT2D eigenvalue weighted by atomic mass is 32.1. The number of amides is 1. The Labute approximate surface area is 133 Å². The summed E-state index contributed by atoms with van der Waals surface area (Å²) in [4.78, 5) is 16.3. The van der Waals surface area contributed by atoms with Gasteiger partial charge >= 0.3 is 0 Å². The van der Waals surface area contributed by atoms with E-state index in [1.165, 1.54) is 5.56 Å². The van der Waals surface area contributed by atoms with Crippen LogP contribution in [0.1, 0.15) is 11.1 Å². The number of thiazole rings is 1. The summed E-state index contributed by atoms with van der Waals surface area (Å²) in [5, 5.41) is 5.86. The van der Waals surface area contributed by atoms with Crippen LogP contribution in [-0.4, -0.2) is 10.9 Å². The molecule has 3 aromatic rings. The van der Waals surface area contributed by atoms with Crippen LogP contribution in [0.25, 0.3) is 10.6 Å². The monoisotopic (exact) mass is 308 g/mol. The maximum atomic E-state index is 12.1. The smallest absolute Gasteiger partial charge is 0.228 e. The molecule has 1 heterocycles. The van der Waals surface area contributed by atoms with E-state index >= 15 is 0 Å². The first-order chi connectivity index (χ1) is 10.7. The van der Waals surface area contributed by atoms with Gasteiger partial charge in [-0.05, 0) is 36.8 Å². The van der Waals surface area contributed by atoms with E-state index in [0.29, 0.717) is 6.42 Å². The molecule has 1 amide bonds. The molecule has 1 aromatic heterocycles. The van der Waals surface area contributed by atoms with Gasteiger partial charge in [0.15, 0.2) is 0 Å². The Bertz CT molecular complexity index is 747. The summed E-state index contributed by atoms with van der Waals surface area (Å²) < 4.78 is 0. The van der Waals surface area contributed by atoms with Gasteiger partial charge in [-0.1, -0.05) is 29.8 Å². The highest BCUT2D eigenvalue weighted by Gasteiger charge is 2.05. The molecule has 2 aromatic carbocycles. The van der Waals surface area contributed by atoms with Gasteiger partial charge < -0.3 is 5.32 Å². The molecule has 0 fully saturated rings. The second-order valence-corrected chi connectivity index (χ2v) is 6.02. The molecular formula is C18H16N2OS. The van der Waals surface area contributed by atoms with Crippen molar-refractivity contribution in [2.24, 2.45) is 0 Å². The Kier molecular flexibility index (Phi) is 4.30. The second-order valence-electron chi connectivity index (χ2n) is 5.13. The highest BCUT2D eigenvalue weighted by molar-refractivity contribution is 7.13. The molecule has 0 aliphatic heterocycles. The number of benzene rings is 2. The number of hydrogen-bond acceptors (Lipinski definition) is 3. The zero-order valence-corrected chi connectivity index (χ0v) is 13.1. The largest absolute Gasteiger partial charge is 0.326 e. The van der Waals surface area contributed by atoms with Gasteiger partial charge in [-0.3, -0.25) is 4.79 Å². The first kappa shape index (κ1) is 14.5. The lowest BCUT2D eigenvalue weighted by atomic mass is 10.1. The van der Waals surface area contributed by atoms with Gasteiger partial charge in [-0.15, -0.1) is 11.3 Å². The van der Waals surface area contributed by atoms with E-state index in [4.69, 9.17) is 0 Å². The number of carbonyl (C=O) groups is 1. The SMILES string of the molecule is Cc1ccc(CC(=O)Nc2ccc(-c3nccs3)cc2)cc1. The molecular weight excluding hydrogens is 292 g/mol. The second kappa shape index (κ2) is 6.54. The van der Waals surface area contributed by atoms with Crippen LogP contribution >= 0.6 is 11.3 Å². The fraction of sp³-hybridized carbons (Fsp3) is 0.111. The minimum atomic E-state index is -0.00847. The minimum Gasteiger partial charge on any atom is -0.326 e. The Morgan fingerprint density at radius 1 is 1.09 bits per heavy atom. The maximum absolute atomic E-state index is 12.1. The van der Waals surface area contributed by atoms with E-state index in [0.717, 1.165) is 21.8 Å². The molecule has 3 nitrogen and oxygen atoms in total. The van der Waals surface area contributed by atoms with Crippen molar-refractivity contribution in [1.82, 2.24) is 4.98 Å². The molecule has 0 saturated carbocycles. The summed E-state index contributed by atoms with van der Waals surface area (Å²) >= 11 is 1.60. The van der Waals surface area contributed by atoms with Crippen molar-refractivity contribution in [1.29, 1.82) is 0 Å². The maximum Gasteiger partial charge on any atom is 0.228 e. The molecule has 22 heavy (non-hydrogen) atoms. The molecule has 4 heteroatoms. The first-order valence-electron chi connectivity index (χ1n) is 7.06. The first-order valence-corrected chi connectivity index (χ1v) is 7.94. The number of aryl methyl sites for hydroxylation is 1. The van der Waals surface area contributed by atoms with Gasteiger partial charge in [-0.2, -0.15) is 0 Å². The topological polar surface area (TPSA) is 42.0 Å². The van der Waals surface area contributed by atoms with Crippen molar-refractivity contribution >= 4 is 22.9 Å². The Morgan fingerprint density at radius 3 is 2.45 bits per heavy atom. The summed E-state index contributed by atoms with van der Waals surface area (Å²) in [5.41, 5.74) is 4.08. The minimum absolute atomic E-state index is 0.00847. The Hall–Kier alpha value is -2.46. The van der Waals surface area contributed by atoms with Crippen LogP contribution in [0.4, 0.5) is 5.69 Å². The van der Waals surface area contributed by atoms with E-state index in [9.17, 15) is 4.79 Å². The molecule has 3 rings (SSSR count). The average Bonchev–Trinajstić information content (AvgIpc) is 3.05. The van der Waals surface area contributed by atoms with E-state index in [1.807, 2.05) is 60.8 Å². The molecule has 0 aliphatic rings. The lowest BCUT2D eigenvalue weighted by Crippen LogP contribution is -2.14. The zero-order chi connectivity index (χ0) is 15.4. The fourth-order valence-corrected chi connectivity index (χ4v) is 2.80. The van der Waals surface area contributed by atoms with Crippen molar-refractivity contribution in [3.8, 4) is 10.6 Å². The van der Waals surface area contributed by atoms with Crippen molar-refractivity contribution < 1.29 is 4.79 Å². The number of nitrogens with zero attached hydrogens (tertiary/aromatic N) is 1. The molecule has 0 aliphatic carbocycles. The van der Waals surface area contributed by atoms with Crippen LogP contribution in [0.15, 0.2) is 60.1 Å². The third-order valence-corrected chi connectivity index (χ3v) is 4.16. The molecule has 1 N–H and O–H groups in total. The molecule has 0 spiro atoms. The van der Waals surface area contributed by atoms with Crippen LogP contribution in [0.3, 0.4) is 0 Å². The van der Waals surface area contributed by atoms with Crippen LogP contribution in [-0.2, 0) is 11.2 Å². The molecule has 0 radical (unpaired) electrons. The van der Waals surface area contributed by atoms with Gasteiger partial charge in [0, 0.05) is 22.8 Å². The fourth-order valence-electron chi connectivity index (χ4n) is 2.16. The summed E-state index contributed by atoms with van der Waals surface area (Å²) in [6.07, 6.45) is 2.17. The van der Waals surface area contributed by atoms with Crippen LogP contribution in [0, 0.1) is 6.92 Å². The number of hydrogen-bond donors (Lipinski definition) is 1. The summed E-state index contributed by atoms with van der Waals surface area (Å²) in [6, 6.07) is 15.8. The average molecular weight is 308 g/mol. The number of anilines is 1. The Balaban J connectivity index is 1.63.